The van der Waals surface area contributed by atoms with E-state index in [1.807, 2.05) is 0 Å². The van der Waals surface area contributed by atoms with Crippen LogP contribution in [-0.2, 0) is 37.5 Å². The molecule has 4 N–H and O–H groups in total. The van der Waals surface area contributed by atoms with E-state index in [0.29, 0.717) is 12.8 Å². The van der Waals surface area contributed by atoms with Crippen molar-refractivity contribution in [2.45, 2.75) is 167 Å². The molecule has 0 saturated heterocycles. The van der Waals surface area contributed by atoms with E-state index in [0.717, 1.165) is 96.3 Å². The fraction of sp³-hybridized carbons (Fsp3) is 0.659. The van der Waals surface area contributed by atoms with Crippen LogP contribution in [0.2, 0.25) is 0 Å². The zero-order chi connectivity index (χ0) is 41.4. The highest BCUT2D eigenvalue weighted by atomic mass is 31.2. The van der Waals surface area contributed by atoms with Gasteiger partial charge in [-0.25, -0.2) is 4.57 Å². The zero-order valence-electron chi connectivity index (χ0n) is 34.4. The summed E-state index contributed by atoms with van der Waals surface area (Å²) >= 11 is 0. The molecule has 0 spiro atoms. The first kappa shape index (κ1) is 52.9. The highest BCUT2D eigenvalue weighted by Crippen LogP contribution is 2.43. The third-order valence-electron chi connectivity index (χ3n) is 8.44. The molecule has 0 bridgehead atoms. The molecule has 0 aromatic carbocycles. The van der Waals surface area contributed by atoms with Gasteiger partial charge >= 0.3 is 25.7 Å². The fourth-order valence-corrected chi connectivity index (χ4v) is 5.92. The van der Waals surface area contributed by atoms with Gasteiger partial charge in [-0.2, -0.15) is 0 Å². The maximum Gasteiger partial charge on any atom is 0.472 e. The molecule has 0 saturated carbocycles. The number of unbranched alkanes of at least 4 members (excludes halogenated alkanes) is 12. The van der Waals surface area contributed by atoms with Gasteiger partial charge in [-0.3, -0.25) is 23.4 Å². The van der Waals surface area contributed by atoms with E-state index in [9.17, 15) is 23.8 Å². The summed E-state index contributed by atoms with van der Waals surface area (Å²) < 4.78 is 32.6. The van der Waals surface area contributed by atoms with E-state index in [1.54, 1.807) is 0 Å². The second-order valence-corrected chi connectivity index (χ2v) is 15.2. The number of hydrogen-bond donors (Lipinski definition) is 3. The van der Waals surface area contributed by atoms with Gasteiger partial charge in [0.05, 0.1) is 13.2 Å². The number of ether oxygens (including phenoxy) is 2. The number of aliphatic carboxylic acids is 1. The summed E-state index contributed by atoms with van der Waals surface area (Å²) in [6, 6.07) is -1.53. The number of carboxylic acid groups (broad SMARTS) is 1. The second-order valence-electron chi connectivity index (χ2n) is 13.7. The minimum Gasteiger partial charge on any atom is -0.480 e. The van der Waals surface area contributed by atoms with Crippen molar-refractivity contribution in [3.05, 3.63) is 72.9 Å². The van der Waals surface area contributed by atoms with Gasteiger partial charge in [-0.15, -0.1) is 0 Å². The Kier molecular flexibility index (Phi) is 36.6. The van der Waals surface area contributed by atoms with Gasteiger partial charge in [-0.1, -0.05) is 132 Å². The Hall–Kier alpha value is -3.08. The highest BCUT2D eigenvalue weighted by Gasteiger charge is 2.28. The van der Waals surface area contributed by atoms with Crippen molar-refractivity contribution < 1.29 is 47.5 Å². The number of nitrogens with two attached hydrogens (primary N) is 1. The molecule has 12 heteroatoms. The molecule has 0 aliphatic rings. The van der Waals surface area contributed by atoms with Gasteiger partial charge in [-0.05, 0) is 83.5 Å². The quantitative estimate of drug-likeness (QED) is 0.0235. The molecule has 0 aromatic heterocycles. The Morgan fingerprint density at radius 2 is 1.00 bits per heavy atom. The lowest BCUT2D eigenvalue weighted by Gasteiger charge is -2.20. The number of allylic oxidation sites excluding steroid dienone is 12. The number of carboxylic acids is 1. The molecule has 0 aromatic rings. The van der Waals surface area contributed by atoms with Crippen molar-refractivity contribution in [3.8, 4) is 0 Å². The van der Waals surface area contributed by atoms with Crippen LogP contribution in [0.5, 0.6) is 0 Å². The van der Waals surface area contributed by atoms with Crippen molar-refractivity contribution >= 4 is 25.7 Å². The first-order valence-corrected chi connectivity index (χ1v) is 22.5. The molecule has 0 radical (unpaired) electrons. The molecule has 0 rings (SSSR count). The van der Waals surface area contributed by atoms with Gasteiger partial charge < -0.3 is 25.2 Å². The van der Waals surface area contributed by atoms with E-state index < -0.39 is 51.1 Å². The average Bonchev–Trinajstić information content (AvgIpc) is 3.17. The predicted molar refractivity (Wildman–Crippen MR) is 226 cm³/mol. The predicted octanol–water partition coefficient (Wildman–Crippen LogP) is 10.9. The first-order chi connectivity index (χ1) is 27.1. The maximum absolute atomic E-state index is 12.6. The molecular weight excluding hydrogens is 733 g/mol. The number of phosphoric acid groups is 1. The zero-order valence-corrected chi connectivity index (χ0v) is 35.3. The van der Waals surface area contributed by atoms with Crippen molar-refractivity contribution in [2.75, 3.05) is 19.8 Å². The molecule has 3 atom stereocenters. The molecule has 0 amide bonds. The maximum atomic E-state index is 12.6. The molecule has 320 valence electrons. The minimum absolute atomic E-state index is 0.133. The smallest absolute Gasteiger partial charge is 0.472 e. The number of phosphoric ester groups is 1. The summed E-state index contributed by atoms with van der Waals surface area (Å²) in [6.45, 7) is 2.60. The Bertz CT molecular complexity index is 1230. The van der Waals surface area contributed by atoms with Crippen LogP contribution < -0.4 is 5.73 Å². The third kappa shape index (κ3) is 37.8. The first-order valence-electron chi connectivity index (χ1n) is 21.0. The second kappa shape index (κ2) is 38.8. The van der Waals surface area contributed by atoms with Crippen LogP contribution in [0, 0.1) is 0 Å². The van der Waals surface area contributed by atoms with Crippen LogP contribution in [0.25, 0.3) is 0 Å². The minimum atomic E-state index is -4.73. The van der Waals surface area contributed by atoms with Crippen molar-refractivity contribution in [2.24, 2.45) is 5.73 Å². The summed E-state index contributed by atoms with van der Waals surface area (Å²) in [5, 5.41) is 8.88. The Labute approximate surface area is 338 Å². The molecule has 56 heavy (non-hydrogen) atoms. The summed E-state index contributed by atoms with van der Waals surface area (Å²) in [5.41, 5.74) is 5.32. The lowest BCUT2D eigenvalue weighted by molar-refractivity contribution is -0.161. The Morgan fingerprint density at radius 1 is 0.571 bits per heavy atom. The standard InChI is InChI=1S/C44H74NO10P/c1-3-5-7-9-11-13-15-17-19-20-22-23-25-27-29-31-33-35-42(46)52-37-40(38-53-56(50,51)54-39-41(45)44(48)49)55-43(47)36-34-32-30-28-26-24-21-18-16-14-12-10-8-6-4-2/h6,8,11-14,17-19,21-23,40-41H,3-5,7,9-10,15-16,20,24-39,45H2,1-2H3,(H,48,49)(H,50,51)/t40-,41+/m1/s1. The molecule has 0 fully saturated rings. The van der Waals surface area contributed by atoms with Crippen LogP contribution in [0.3, 0.4) is 0 Å². The van der Waals surface area contributed by atoms with E-state index in [-0.39, 0.29) is 19.4 Å². The Balaban J connectivity index is 4.47. The molecule has 0 aliphatic heterocycles. The van der Waals surface area contributed by atoms with Gasteiger partial charge in [0, 0.05) is 12.8 Å². The lowest BCUT2D eigenvalue weighted by atomic mass is 10.1. The van der Waals surface area contributed by atoms with Gasteiger partial charge in [0.2, 0.25) is 0 Å². The van der Waals surface area contributed by atoms with E-state index in [4.69, 9.17) is 24.8 Å². The average molecular weight is 808 g/mol. The highest BCUT2D eigenvalue weighted by molar-refractivity contribution is 7.47. The summed E-state index contributed by atoms with van der Waals surface area (Å²) in [4.78, 5) is 45.9. The fourth-order valence-electron chi connectivity index (χ4n) is 5.14. The number of carbonyl (C=O) groups excluding carboxylic acids is 2. The summed E-state index contributed by atoms with van der Waals surface area (Å²) in [5.74, 6) is -2.44. The van der Waals surface area contributed by atoms with Gasteiger partial charge in [0.15, 0.2) is 6.10 Å². The summed E-state index contributed by atoms with van der Waals surface area (Å²) in [7, 11) is -4.73. The van der Waals surface area contributed by atoms with Crippen LogP contribution in [0.4, 0.5) is 0 Å². The number of carbonyl (C=O) groups is 3. The Morgan fingerprint density at radius 3 is 1.50 bits per heavy atom. The van der Waals surface area contributed by atoms with Gasteiger partial charge in [0.25, 0.3) is 0 Å². The number of hydrogen-bond acceptors (Lipinski definition) is 9. The van der Waals surface area contributed by atoms with Gasteiger partial charge in [0.1, 0.15) is 12.6 Å². The summed E-state index contributed by atoms with van der Waals surface area (Å²) in [6.07, 6.45) is 45.3. The normalized spacial score (nSPS) is 14.5. The van der Waals surface area contributed by atoms with Crippen LogP contribution >= 0.6 is 7.82 Å². The van der Waals surface area contributed by atoms with Crippen molar-refractivity contribution in [1.29, 1.82) is 0 Å². The molecule has 1 unspecified atom stereocenters. The van der Waals surface area contributed by atoms with Crippen molar-refractivity contribution in [1.82, 2.24) is 0 Å². The number of rotatable bonds is 38. The molecule has 0 heterocycles. The number of esters is 2. The SMILES string of the molecule is CCC=CCC=CCC=CCCCCCCCC(=O)O[C@H](COC(=O)CCCCCCC=CCC=CCC=CCCCCC)COP(=O)(O)OC[C@H](N)C(=O)O. The van der Waals surface area contributed by atoms with Crippen LogP contribution in [-0.4, -0.2) is 59.9 Å². The monoisotopic (exact) mass is 808 g/mol. The topological polar surface area (TPSA) is 172 Å². The molecular formula is C44H74NO10P. The van der Waals surface area contributed by atoms with Crippen molar-refractivity contribution in [3.63, 3.8) is 0 Å². The molecule has 11 nitrogen and oxygen atoms in total. The van der Waals surface area contributed by atoms with E-state index >= 15 is 0 Å². The molecule has 0 aliphatic carbocycles. The van der Waals surface area contributed by atoms with Crippen LogP contribution in [0.1, 0.15) is 155 Å². The largest absolute Gasteiger partial charge is 0.480 e. The lowest BCUT2D eigenvalue weighted by Crippen LogP contribution is -2.34. The van der Waals surface area contributed by atoms with E-state index in [1.165, 1.54) is 19.3 Å². The van der Waals surface area contributed by atoms with Crippen LogP contribution in [0.15, 0.2) is 72.9 Å². The van der Waals surface area contributed by atoms with E-state index in [2.05, 4.69) is 91.3 Å². The third-order valence-corrected chi connectivity index (χ3v) is 9.39.